The second kappa shape index (κ2) is 11.3. The summed E-state index contributed by atoms with van der Waals surface area (Å²) in [4.78, 5) is 31.7. The van der Waals surface area contributed by atoms with E-state index in [1.54, 1.807) is 29.3 Å². The standard InChI is InChI=1S/C32H38ClN5O4S/c1-32(2,3)19-38-18-25-21(14-26(33)30-24(25)17-34-35-30)8-9-23(31(38)40)16-29(39)37-12-10-20(11-13-37)28-15-22-6-4-5-7-27(22)36-43(28,41)42/h4-7,14-15,17,20,23,36H,8-13,16,18-19H2,1-3H3,(H,34,35)/t23-/m0/s1. The van der Waals surface area contributed by atoms with Crippen molar-refractivity contribution in [2.24, 2.45) is 17.3 Å². The average molecular weight is 624 g/mol. The molecule has 0 radical (unpaired) electrons. The van der Waals surface area contributed by atoms with Gasteiger partial charge in [0.1, 0.15) is 0 Å². The Bertz CT molecular complexity index is 1720. The molecule has 3 aliphatic rings. The molecule has 1 atom stereocenters. The molecule has 4 heterocycles. The fraction of sp³-hybridized carbons (Fsp3) is 0.469. The molecule has 1 fully saturated rings. The molecule has 2 aromatic carbocycles. The highest BCUT2D eigenvalue weighted by molar-refractivity contribution is 7.96. The molecule has 0 unspecified atom stereocenters. The minimum absolute atomic E-state index is 0.00130. The molecule has 2 amide bonds. The molecule has 11 heteroatoms. The lowest BCUT2D eigenvalue weighted by Crippen LogP contribution is -2.45. The Morgan fingerprint density at radius 1 is 1.14 bits per heavy atom. The van der Waals surface area contributed by atoms with Crippen molar-refractivity contribution in [3.05, 3.63) is 63.1 Å². The van der Waals surface area contributed by atoms with Crippen LogP contribution in [0.3, 0.4) is 0 Å². The number of amides is 2. The predicted molar refractivity (Wildman–Crippen MR) is 169 cm³/mol. The zero-order chi connectivity index (χ0) is 30.5. The molecule has 1 saturated heterocycles. The van der Waals surface area contributed by atoms with Crippen LogP contribution in [0.15, 0.2) is 41.4 Å². The van der Waals surface area contributed by atoms with E-state index >= 15 is 0 Å². The molecule has 0 spiro atoms. The van der Waals surface area contributed by atoms with Gasteiger partial charge in [-0.15, -0.1) is 0 Å². The number of anilines is 1. The molecule has 0 saturated carbocycles. The van der Waals surface area contributed by atoms with Crippen LogP contribution in [0.25, 0.3) is 17.0 Å². The Morgan fingerprint density at radius 2 is 1.88 bits per heavy atom. The number of carbonyl (C=O) groups is 2. The number of likely N-dealkylation sites (tertiary alicyclic amines) is 1. The lowest BCUT2D eigenvalue weighted by molar-refractivity contribution is -0.143. The number of carbonyl (C=O) groups excluding carboxylic acids is 2. The maximum atomic E-state index is 14.0. The first kappa shape index (κ1) is 29.7. The van der Waals surface area contributed by atoms with Crippen LogP contribution in [-0.2, 0) is 32.6 Å². The number of fused-ring (bicyclic) bond motifs is 4. The van der Waals surface area contributed by atoms with Crippen molar-refractivity contribution in [1.29, 1.82) is 0 Å². The number of hydrogen-bond acceptors (Lipinski definition) is 5. The van der Waals surface area contributed by atoms with Crippen molar-refractivity contribution >= 4 is 56.1 Å². The highest BCUT2D eigenvalue weighted by Gasteiger charge is 2.36. The fourth-order valence-electron chi connectivity index (χ4n) is 6.71. The molecule has 2 N–H and O–H groups in total. The first-order chi connectivity index (χ1) is 20.4. The monoisotopic (exact) mass is 623 g/mol. The Labute approximate surface area is 257 Å². The Kier molecular flexibility index (Phi) is 7.79. The highest BCUT2D eigenvalue weighted by atomic mass is 35.5. The van der Waals surface area contributed by atoms with Gasteiger partial charge in [-0.05, 0) is 66.0 Å². The van der Waals surface area contributed by atoms with Crippen molar-refractivity contribution in [2.45, 2.75) is 59.4 Å². The van der Waals surface area contributed by atoms with Gasteiger partial charge >= 0.3 is 0 Å². The summed E-state index contributed by atoms with van der Waals surface area (Å²) in [6, 6.07) is 9.31. The fourth-order valence-corrected chi connectivity index (χ4v) is 8.53. The van der Waals surface area contributed by atoms with Crippen molar-refractivity contribution in [2.75, 3.05) is 24.4 Å². The zero-order valence-corrected chi connectivity index (χ0v) is 26.4. The number of piperidine rings is 1. The van der Waals surface area contributed by atoms with E-state index in [2.05, 4.69) is 35.7 Å². The molecule has 0 bridgehead atoms. The smallest absolute Gasteiger partial charge is 0.258 e. The number of aromatic nitrogens is 2. The third-order valence-electron chi connectivity index (χ3n) is 8.81. The first-order valence-corrected chi connectivity index (χ1v) is 16.8. The van der Waals surface area contributed by atoms with Gasteiger partial charge in [-0.25, -0.2) is 8.42 Å². The Hall–Kier alpha value is -3.37. The molecule has 6 rings (SSSR count). The van der Waals surface area contributed by atoms with Crippen LogP contribution < -0.4 is 4.72 Å². The molecule has 1 aromatic heterocycles. The number of H-pyrrole nitrogens is 1. The quantitative estimate of drug-likeness (QED) is 0.394. The molecule has 43 heavy (non-hydrogen) atoms. The third kappa shape index (κ3) is 6.04. The number of nitrogens with one attached hydrogen (secondary N) is 2. The van der Waals surface area contributed by atoms with Gasteiger partial charge in [0.05, 0.1) is 27.3 Å². The number of sulfonamides is 1. The number of para-hydroxylation sites is 1. The van der Waals surface area contributed by atoms with Crippen molar-refractivity contribution in [3.63, 3.8) is 0 Å². The van der Waals surface area contributed by atoms with Gasteiger partial charge in [-0.1, -0.05) is 50.6 Å². The minimum Gasteiger partial charge on any atom is -0.343 e. The van der Waals surface area contributed by atoms with E-state index in [4.69, 9.17) is 11.6 Å². The molecular weight excluding hydrogens is 586 g/mol. The second-order valence-electron chi connectivity index (χ2n) is 13.2. The van der Waals surface area contributed by atoms with Crippen LogP contribution in [-0.4, -0.2) is 59.9 Å². The normalized spacial score (nSPS) is 21.0. The highest BCUT2D eigenvalue weighted by Crippen LogP contribution is 2.37. The van der Waals surface area contributed by atoms with Gasteiger partial charge in [-0.2, -0.15) is 5.10 Å². The largest absolute Gasteiger partial charge is 0.343 e. The van der Waals surface area contributed by atoms with Gasteiger partial charge in [0, 0.05) is 49.8 Å². The van der Waals surface area contributed by atoms with Gasteiger partial charge < -0.3 is 9.80 Å². The molecule has 228 valence electrons. The van der Waals surface area contributed by atoms with Gasteiger partial charge in [0.15, 0.2) is 0 Å². The summed E-state index contributed by atoms with van der Waals surface area (Å²) in [7, 11) is -3.63. The van der Waals surface area contributed by atoms with E-state index in [1.807, 2.05) is 23.1 Å². The summed E-state index contributed by atoms with van der Waals surface area (Å²) < 4.78 is 28.7. The third-order valence-corrected chi connectivity index (χ3v) is 10.7. The molecule has 3 aromatic rings. The number of benzene rings is 2. The van der Waals surface area contributed by atoms with Crippen LogP contribution in [0, 0.1) is 17.3 Å². The lowest BCUT2D eigenvalue weighted by Gasteiger charge is -2.37. The van der Waals surface area contributed by atoms with Crippen LogP contribution in [0.4, 0.5) is 5.69 Å². The van der Waals surface area contributed by atoms with Gasteiger partial charge in [0.25, 0.3) is 10.0 Å². The maximum absolute atomic E-state index is 14.0. The predicted octanol–water partition coefficient (Wildman–Crippen LogP) is 5.58. The summed E-state index contributed by atoms with van der Waals surface area (Å²) in [6.07, 6.45) is 5.98. The summed E-state index contributed by atoms with van der Waals surface area (Å²) in [6.45, 7) is 8.24. The van der Waals surface area contributed by atoms with Crippen LogP contribution in [0.1, 0.15) is 63.1 Å². The minimum atomic E-state index is -3.63. The number of allylic oxidation sites excluding steroid dienone is 1. The molecular formula is C32H38ClN5O4S. The van der Waals surface area contributed by atoms with Crippen molar-refractivity contribution < 1.29 is 18.0 Å². The van der Waals surface area contributed by atoms with E-state index in [0.717, 1.165) is 27.6 Å². The van der Waals surface area contributed by atoms with Crippen molar-refractivity contribution in [1.82, 2.24) is 20.0 Å². The molecule has 3 aliphatic heterocycles. The Balaban J connectivity index is 1.17. The van der Waals surface area contributed by atoms with E-state index in [9.17, 15) is 18.0 Å². The topological polar surface area (TPSA) is 115 Å². The average Bonchev–Trinajstić information content (AvgIpc) is 3.45. The van der Waals surface area contributed by atoms with E-state index in [1.165, 1.54) is 0 Å². The van der Waals surface area contributed by atoms with E-state index < -0.39 is 15.9 Å². The summed E-state index contributed by atoms with van der Waals surface area (Å²) in [5.74, 6) is -0.665. The van der Waals surface area contributed by atoms with Crippen molar-refractivity contribution in [3.8, 4) is 0 Å². The number of rotatable bonds is 4. The van der Waals surface area contributed by atoms with Gasteiger partial charge in [-0.3, -0.25) is 19.4 Å². The molecule has 9 nitrogen and oxygen atoms in total. The lowest BCUT2D eigenvalue weighted by atomic mass is 9.87. The number of aromatic amines is 1. The Morgan fingerprint density at radius 3 is 2.63 bits per heavy atom. The second-order valence-corrected chi connectivity index (χ2v) is 15.3. The molecule has 0 aliphatic carbocycles. The van der Waals surface area contributed by atoms with Crippen LogP contribution >= 0.6 is 11.6 Å². The first-order valence-electron chi connectivity index (χ1n) is 14.9. The maximum Gasteiger partial charge on any atom is 0.258 e. The van der Waals surface area contributed by atoms with Gasteiger partial charge in [0.2, 0.25) is 11.8 Å². The zero-order valence-electron chi connectivity index (χ0n) is 24.8. The summed E-state index contributed by atoms with van der Waals surface area (Å²) in [5, 5.41) is 8.71. The number of aryl methyl sites for hydroxylation is 1. The van der Waals surface area contributed by atoms with E-state index in [-0.39, 0.29) is 29.6 Å². The van der Waals surface area contributed by atoms with E-state index in [0.29, 0.717) is 67.5 Å². The summed E-state index contributed by atoms with van der Waals surface area (Å²) >= 11 is 6.58. The van der Waals surface area contributed by atoms with Crippen LogP contribution in [0.5, 0.6) is 0 Å². The summed E-state index contributed by atoms with van der Waals surface area (Å²) in [5.41, 5.74) is 4.22. The number of halogens is 1. The van der Waals surface area contributed by atoms with Crippen LogP contribution in [0.2, 0.25) is 5.02 Å². The SMILES string of the molecule is CC(C)(C)CN1Cc2c(cc(Cl)c3[nH]ncc23)CC[C@@H](CC(=O)N2CCC(C3=Cc4ccccc4NS3(=O)=O)CC2)C1=O. The number of hydrogen-bond donors (Lipinski definition) is 2. The number of nitrogens with zero attached hydrogens (tertiary/aromatic N) is 3.